The van der Waals surface area contributed by atoms with Crippen LogP contribution in [0, 0.1) is 0 Å². The molecule has 4 atom stereocenters. The van der Waals surface area contributed by atoms with Gasteiger partial charge in [0.1, 0.15) is 10.1 Å². The monoisotopic (exact) mass is 285 g/mol. The summed E-state index contributed by atoms with van der Waals surface area (Å²) in [6, 6.07) is -0.425. The van der Waals surface area contributed by atoms with Crippen LogP contribution < -0.4 is 0 Å². The molecule has 1 spiro atoms. The Bertz CT molecular complexity index is 484. The first kappa shape index (κ1) is 12.4. The molecule has 3 aliphatic heterocycles. The predicted molar refractivity (Wildman–Crippen MR) is 72.0 cm³/mol. The largest absolute Gasteiger partial charge is 0.293 e. The molecule has 2 fully saturated rings. The summed E-state index contributed by atoms with van der Waals surface area (Å²) in [6.07, 6.45) is 5.72. The zero-order valence-corrected chi connectivity index (χ0v) is 11.5. The van der Waals surface area contributed by atoms with Gasteiger partial charge in [0.15, 0.2) is 5.78 Å². The van der Waals surface area contributed by atoms with Crippen molar-refractivity contribution in [1.82, 2.24) is 4.90 Å². The van der Waals surface area contributed by atoms with E-state index in [0.717, 1.165) is 0 Å². The van der Waals surface area contributed by atoms with Gasteiger partial charge in [-0.15, -0.1) is 6.58 Å². The van der Waals surface area contributed by atoms with Crippen molar-refractivity contribution in [1.29, 1.82) is 0 Å². The normalized spacial score (nSPS) is 41.7. The Hall–Kier alpha value is -0.590. The van der Waals surface area contributed by atoms with E-state index in [2.05, 4.69) is 6.58 Å². The Morgan fingerprint density at radius 2 is 2.11 bits per heavy atom. The Morgan fingerprint density at radius 1 is 1.44 bits per heavy atom. The van der Waals surface area contributed by atoms with Gasteiger partial charge in [-0.05, 0) is 12.5 Å². The van der Waals surface area contributed by atoms with Crippen molar-refractivity contribution in [3.63, 3.8) is 0 Å². The fourth-order valence-electron chi connectivity index (χ4n) is 3.25. The van der Waals surface area contributed by atoms with E-state index in [1.807, 2.05) is 11.0 Å². The van der Waals surface area contributed by atoms with E-state index in [0.29, 0.717) is 24.5 Å². The highest BCUT2D eigenvalue weighted by atomic mass is 32.3. The van der Waals surface area contributed by atoms with Gasteiger partial charge < -0.3 is 0 Å². The summed E-state index contributed by atoms with van der Waals surface area (Å²) in [7, 11) is -2.36. The third-order valence-corrected chi connectivity index (χ3v) is 8.83. The first-order chi connectivity index (χ1) is 8.61. The van der Waals surface area contributed by atoms with Crippen LogP contribution >= 0.6 is 0 Å². The van der Waals surface area contributed by atoms with E-state index in [-0.39, 0.29) is 11.8 Å². The van der Waals surface area contributed by atoms with E-state index in [4.69, 9.17) is 0 Å². The number of fused-ring (bicyclic) bond motifs is 3. The van der Waals surface area contributed by atoms with Crippen molar-refractivity contribution in [2.24, 2.45) is 0 Å². The highest BCUT2D eigenvalue weighted by Gasteiger charge is 2.64. The van der Waals surface area contributed by atoms with E-state index in [1.165, 1.54) is 0 Å². The maximum atomic E-state index is 12.3. The van der Waals surface area contributed by atoms with Crippen LogP contribution in [0.25, 0.3) is 0 Å². The molecule has 2 saturated heterocycles. The van der Waals surface area contributed by atoms with Crippen LogP contribution in [0.1, 0.15) is 6.42 Å². The lowest BCUT2D eigenvalue weighted by atomic mass is 10.1. The summed E-state index contributed by atoms with van der Waals surface area (Å²) in [5.41, 5.74) is 0. The lowest BCUT2D eigenvalue weighted by molar-refractivity contribution is -0.119. The summed E-state index contributed by atoms with van der Waals surface area (Å²) in [4.78, 5) is 14.2. The lowest BCUT2D eigenvalue weighted by Gasteiger charge is -2.33. The average Bonchev–Trinajstić information content (AvgIpc) is 2.75. The highest BCUT2D eigenvalue weighted by molar-refractivity contribution is 8.07. The molecular formula is C12H15NO3S2. The van der Waals surface area contributed by atoms with Crippen molar-refractivity contribution in [2.45, 2.75) is 22.6 Å². The second-order valence-corrected chi connectivity index (χ2v) is 8.75. The van der Waals surface area contributed by atoms with E-state index in [9.17, 15) is 13.2 Å². The Kier molecular flexibility index (Phi) is 2.91. The van der Waals surface area contributed by atoms with Crippen molar-refractivity contribution in [3.8, 4) is 0 Å². The second kappa shape index (κ2) is 4.21. The van der Waals surface area contributed by atoms with Gasteiger partial charge in [-0.3, -0.25) is 18.1 Å². The molecule has 4 nitrogen and oxygen atoms in total. The van der Waals surface area contributed by atoms with Gasteiger partial charge in [0.2, 0.25) is 0 Å². The van der Waals surface area contributed by atoms with Crippen molar-refractivity contribution in [2.75, 3.05) is 18.1 Å². The van der Waals surface area contributed by atoms with Gasteiger partial charge in [-0.2, -0.15) is 0 Å². The van der Waals surface area contributed by atoms with Crippen LogP contribution in [0.15, 0.2) is 24.8 Å². The molecule has 0 aliphatic carbocycles. The molecule has 98 valence electrons. The van der Waals surface area contributed by atoms with Crippen molar-refractivity contribution >= 4 is 27.4 Å². The molecule has 3 aliphatic rings. The summed E-state index contributed by atoms with van der Waals surface area (Å²) in [6.45, 7) is 4.27. The Morgan fingerprint density at radius 3 is 2.72 bits per heavy atom. The fourth-order valence-corrected chi connectivity index (χ4v) is 8.19. The van der Waals surface area contributed by atoms with Crippen LogP contribution in [0.5, 0.6) is 0 Å². The van der Waals surface area contributed by atoms with Crippen LogP contribution in [-0.2, 0) is 26.4 Å². The van der Waals surface area contributed by atoms with Crippen LogP contribution in [-0.4, -0.2) is 53.3 Å². The highest BCUT2D eigenvalue weighted by Crippen LogP contribution is 2.46. The number of ketones is 1. The third-order valence-electron chi connectivity index (χ3n) is 3.98. The summed E-state index contributed by atoms with van der Waals surface area (Å²) in [5, 5.41) is 0. The number of rotatable bonds is 2. The van der Waals surface area contributed by atoms with Crippen LogP contribution in [0.2, 0.25) is 0 Å². The number of carbonyl (C=O) groups is 1. The molecule has 0 unspecified atom stereocenters. The van der Waals surface area contributed by atoms with Crippen molar-refractivity contribution in [3.05, 3.63) is 24.8 Å². The minimum atomic E-state index is -1.18. The van der Waals surface area contributed by atoms with Crippen LogP contribution in [0.4, 0.5) is 0 Å². The predicted octanol–water partition coefficient (Wildman–Crippen LogP) is -0.0385. The molecule has 3 heterocycles. The molecule has 2 bridgehead atoms. The number of carbonyl (C=O) groups excluding carboxylic acids is 1. The molecular weight excluding hydrogens is 270 g/mol. The number of hydrogen-bond donors (Lipinski definition) is 0. The van der Waals surface area contributed by atoms with E-state index >= 15 is 0 Å². The molecule has 0 aromatic carbocycles. The zero-order valence-electron chi connectivity index (χ0n) is 9.91. The molecule has 0 aromatic rings. The summed E-state index contributed by atoms with van der Waals surface area (Å²) >= 11 is 0. The molecule has 0 amide bonds. The maximum absolute atomic E-state index is 12.3. The minimum absolute atomic E-state index is 0.0609. The summed E-state index contributed by atoms with van der Waals surface area (Å²) < 4.78 is 23.8. The lowest BCUT2D eigenvalue weighted by Crippen LogP contribution is -2.53. The fraction of sp³-hybridized carbons (Fsp3) is 0.583. The topological polar surface area (TPSA) is 54.5 Å². The smallest absolute Gasteiger partial charge is 0.175 e. The molecule has 3 rings (SSSR count). The second-order valence-electron chi connectivity index (χ2n) is 4.83. The van der Waals surface area contributed by atoms with Gasteiger partial charge in [0, 0.05) is 45.7 Å². The van der Waals surface area contributed by atoms with E-state index < -0.39 is 31.7 Å². The Labute approximate surface area is 111 Å². The third kappa shape index (κ3) is 1.42. The molecule has 0 saturated carbocycles. The number of nitrogens with zero attached hydrogens (tertiary/aromatic N) is 1. The van der Waals surface area contributed by atoms with Gasteiger partial charge in [-0.25, -0.2) is 0 Å². The molecule has 0 aromatic heterocycles. The summed E-state index contributed by atoms with van der Waals surface area (Å²) in [5.74, 6) is 0.838. The first-order valence-electron chi connectivity index (χ1n) is 5.97. The zero-order chi connectivity index (χ0) is 12.9. The maximum Gasteiger partial charge on any atom is 0.175 e. The standard InChI is InChI=1S/C12H15NO3S2/c1-2-5-13-9-3-4-10(14)11(13)12(8-9)17(15)6-7-18(12)16/h2-4,9,11H,1,5-8H2/t9-,11+,17+,18+/m0/s1. The molecule has 0 N–H and O–H groups in total. The molecule has 0 radical (unpaired) electrons. The van der Waals surface area contributed by atoms with Gasteiger partial charge >= 0.3 is 0 Å². The SMILES string of the molecule is C=CCN1[C@H]2C=CC(=O)[C@@H]1C1(C2)[S@](=O)CC[S@]1=O. The molecule has 18 heavy (non-hydrogen) atoms. The van der Waals surface area contributed by atoms with Gasteiger partial charge in [0.25, 0.3) is 0 Å². The van der Waals surface area contributed by atoms with Crippen LogP contribution in [0.3, 0.4) is 0 Å². The van der Waals surface area contributed by atoms with E-state index in [1.54, 1.807) is 12.2 Å². The van der Waals surface area contributed by atoms with Crippen molar-refractivity contribution < 1.29 is 13.2 Å². The average molecular weight is 285 g/mol. The van der Waals surface area contributed by atoms with Gasteiger partial charge in [0.05, 0.1) is 0 Å². The number of hydrogen-bond acceptors (Lipinski definition) is 4. The minimum Gasteiger partial charge on any atom is -0.293 e. The Balaban J connectivity index is 2.10. The first-order valence-corrected chi connectivity index (χ1v) is 8.60. The molecule has 6 heteroatoms. The van der Waals surface area contributed by atoms with Gasteiger partial charge in [-0.1, -0.05) is 12.2 Å². The quantitative estimate of drug-likeness (QED) is 0.668.